The predicted molar refractivity (Wildman–Crippen MR) is 105 cm³/mol. The minimum Gasteiger partial charge on any atom is -0.319 e. The van der Waals surface area contributed by atoms with Crippen molar-refractivity contribution in [3.8, 4) is 0 Å². The average molecular weight is 366 g/mol. The number of nitrogens with zero attached hydrogens (tertiary/aromatic N) is 1. The van der Waals surface area contributed by atoms with Crippen molar-refractivity contribution in [3.05, 3.63) is 71.8 Å². The van der Waals surface area contributed by atoms with Gasteiger partial charge in [0.2, 0.25) is 0 Å². The number of benzene rings is 2. The third-order valence-corrected chi connectivity index (χ3v) is 4.93. The molecule has 1 aliphatic rings. The molecule has 1 unspecified atom stereocenters. The number of nitrogens with one attached hydrogen (secondary N) is 2. The topological polar surface area (TPSA) is 53.9 Å². The Balaban J connectivity index is 1.81. The zero-order valence-electron chi connectivity index (χ0n) is 16.2. The molecule has 0 aliphatic carbocycles. The monoisotopic (exact) mass is 366 g/mol. The fraction of sp³-hybridized carbons (Fsp3) is 0.364. The molecule has 2 atom stereocenters. The molecular formula is C22H28N3O2+. The Morgan fingerprint density at radius 2 is 1.59 bits per heavy atom. The first-order valence-electron chi connectivity index (χ1n) is 9.47. The second-order valence-electron chi connectivity index (χ2n) is 7.81. The standard InChI is InChI=1S/C22H27N3O2/c1-17(2)14-22(19-12-8-5-9-13-19)20(26)25(21(27)23-22)16-24(3)15-18-10-6-4-7-11-18/h4-13,17H,14-16H2,1-3H3,(H,23,27)/p+1/t22-/m0/s1. The van der Waals surface area contributed by atoms with Gasteiger partial charge in [0.25, 0.3) is 5.91 Å². The summed E-state index contributed by atoms with van der Waals surface area (Å²) in [4.78, 5) is 28.6. The lowest BCUT2D eigenvalue weighted by Crippen LogP contribution is -3.09. The maximum atomic E-state index is 13.4. The van der Waals surface area contributed by atoms with Crippen LogP contribution in [0.2, 0.25) is 0 Å². The second-order valence-corrected chi connectivity index (χ2v) is 7.81. The van der Waals surface area contributed by atoms with Crippen LogP contribution in [0, 0.1) is 5.92 Å². The lowest BCUT2D eigenvalue weighted by molar-refractivity contribution is -0.901. The molecule has 2 N–H and O–H groups in total. The molecule has 3 amide bonds. The zero-order valence-corrected chi connectivity index (χ0v) is 16.2. The lowest BCUT2D eigenvalue weighted by atomic mass is 9.82. The van der Waals surface area contributed by atoms with Gasteiger partial charge in [0.1, 0.15) is 12.1 Å². The molecule has 27 heavy (non-hydrogen) atoms. The molecule has 0 spiro atoms. The average Bonchev–Trinajstić information content (AvgIpc) is 2.88. The Kier molecular flexibility index (Phi) is 5.61. The van der Waals surface area contributed by atoms with Crippen LogP contribution in [0.5, 0.6) is 0 Å². The van der Waals surface area contributed by atoms with Gasteiger partial charge in [-0.2, -0.15) is 0 Å². The Bertz CT molecular complexity index is 792. The molecule has 5 nitrogen and oxygen atoms in total. The maximum absolute atomic E-state index is 13.4. The predicted octanol–water partition coefficient (Wildman–Crippen LogP) is 2.15. The molecule has 0 saturated carbocycles. The molecule has 1 fully saturated rings. The third-order valence-electron chi connectivity index (χ3n) is 4.93. The molecular weight excluding hydrogens is 338 g/mol. The van der Waals surface area contributed by atoms with Crippen LogP contribution >= 0.6 is 0 Å². The minimum atomic E-state index is -0.973. The quantitative estimate of drug-likeness (QED) is 0.738. The van der Waals surface area contributed by atoms with E-state index in [1.54, 1.807) is 0 Å². The highest BCUT2D eigenvalue weighted by molar-refractivity contribution is 6.07. The summed E-state index contributed by atoms with van der Waals surface area (Å²) in [6, 6.07) is 19.4. The summed E-state index contributed by atoms with van der Waals surface area (Å²) in [6.45, 7) is 5.23. The van der Waals surface area contributed by atoms with Gasteiger partial charge in [-0.3, -0.25) is 4.79 Å². The van der Waals surface area contributed by atoms with Gasteiger partial charge in [-0.25, -0.2) is 9.69 Å². The van der Waals surface area contributed by atoms with E-state index in [4.69, 9.17) is 0 Å². The molecule has 1 aliphatic heterocycles. The van der Waals surface area contributed by atoms with E-state index in [0.717, 1.165) is 17.0 Å². The van der Waals surface area contributed by atoms with Gasteiger partial charge in [-0.05, 0) is 17.9 Å². The number of urea groups is 1. The van der Waals surface area contributed by atoms with Gasteiger partial charge in [0.15, 0.2) is 6.67 Å². The number of carbonyl (C=O) groups excluding carboxylic acids is 2. The largest absolute Gasteiger partial charge is 0.329 e. The first-order valence-corrected chi connectivity index (χ1v) is 9.47. The van der Waals surface area contributed by atoms with Crippen LogP contribution in [0.15, 0.2) is 60.7 Å². The summed E-state index contributed by atoms with van der Waals surface area (Å²) in [5.41, 5.74) is 1.05. The van der Waals surface area contributed by atoms with Gasteiger partial charge in [0.05, 0.1) is 7.05 Å². The summed E-state index contributed by atoms with van der Waals surface area (Å²) in [5, 5.41) is 3.01. The summed E-state index contributed by atoms with van der Waals surface area (Å²) in [5.74, 6) is 0.114. The fourth-order valence-electron chi connectivity index (χ4n) is 3.83. The normalized spacial score (nSPS) is 20.8. The van der Waals surface area contributed by atoms with Gasteiger partial charge >= 0.3 is 6.03 Å². The molecule has 2 aromatic rings. The molecule has 3 rings (SSSR count). The van der Waals surface area contributed by atoms with Crippen LogP contribution in [0.25, 0.3) is 0 Å². The van der Waals surface area contributed by atoms with Crippen LogP contribution in [-0.2, 0) is 16.9 Å². The van der Waals surface area contributed by atoms with E-state index in [-0.39, 0.29) is 17.9 Å². The Morgan fingerprint density at radius 3 is 2.19 bits per heavy atom. The highest BCUT2D eigenvalue weighted by Crippen LogP contribution is 2.34. The van der Waals surface area contributed by atoms with E-state index in [9.17, 15) is 9.59 Å². The number of quaternary nitrogens is 1. The van der Waals surface area contributed by atoms with Gasteiger partial charge in [0, 0.05) is 5.56 Å². The zero-order chi connectivity index (χ0) is 19.4. The van der Waals surface area contributed by atoms with E-state index in [1.165, 1.54) is 10.5 Å². The van der Waals surface area contributed by atoms with Crippen molar-refractivity contribution in [2.45, 2.75) is 32.4 Å². The number of hydrogen-bond donors (Lipinski definition) is 2. The smallest absolute Gasteiger partial charge is 0.319 e. The minimum absolute atomic E-state index is 0.153. The molecule has 0 radical (unpaired) electrons. The van der Waals surface area contributed by atoms with Gasteiger partial charge in [-0.1, -0.05) is 74.5 Å². The van der Waals surface area contributed by atoms with E-state index in [1.807, 2.05) is 55.6 Å². The molecule has 0 aromatic heterocycles. The number of imide groups is 1. The first-order chi connectivity index (χ1) is 12.9. The van der Waals surface area contributed by atoms with Crippen molar-refractivity contribution in [2.75, 3.05) is 13.7 Å². The number of carbonyl (C=O) groups is 2. The maximum Gasteiger partial charge on any atom is 0.329 e. The first kappa shape index (κ1) is 19.1. The van der Waals surface area contributed by atoms with Crippen LogP contribution in [-0.4, -0.2) is 30.6 Å². The third kappa shape index (κ3) is 4.03. The van der Waals surface area contributed by atoms with Crippen LogP contribution in [0.4, 0.5) is 4.79 Å². The molecule has 5 heteroatoms. The molecule has 1 heterocycles. The Hall–Kier alpha value is -2.66. The van der Waals surface area contributed by atoms with Crippen molar-refractivity contribution in [1.82, 2.24) is 10.2 Å². The molecule has 142 valence electrons. The van der Waals surface area contributed by atoms with Crippen molar-refractivity contribution >= 4 is 11.9 Å². The number of amides is 3. The van der Waals surface area contributed by atoms with Gasteiger partial charge in [-0.15, -0.1) is 0 Å². The van der Waals surface area contributed by atoms with Crippen molar-refractivity contribution in [2.24, 2.45) is 5.92 Å². The molecule has 2 aromatic carbocycles. The summed E-state index contributed by atoms with van der Waals surface area (Å²) >= 11 is 0. The SMILES string of the molecule is CC(C)C[C@@]1(c2ccccc2)NC(=O)N(C[NH+](C)Cc2ccccc2)C1=O. The number of hydrogen-bond acceptors (Lipinski definition) is 2. The summed E-state index contributed by atoms with van der Waals surface area (Å²) in [6.07, 6.45) is 0.579. The van der Waals surface area contributed by atoms with Crippen LogP contribution < -0.4 is 10.2 Å². The Morgan fingerprint density at radius 1 is 1.00 bits per heavy atom. The van der Waals surface area contributed by atoms with Crippen LogP contribution in [0.3, 0.4) is 0 Å². The van der Waals surface area contributed by atoms with Crippen molar-refractivity contribution in [3.63, 3.8) is 0 Å². The summed E-state index contributed by atoms with van der Waals surface area (Å²) < 4.78 is 0. The van der Waals surface area contributed by atoms with E-state index in [0.29, 0.717) is 13.1 Å². The fourth-order valence-corrected chi connectivity index (χ4v) is 3.83. The van der Waals surface area contributed by atoms with Crippen LogP contribution in [0.1, 0.15) is 31.4 Å². The van der Waals surface area contributed by atoms with Crippen molar-refractivity contribution in [1.29, 1.82) is 0 Å². The Labute approximate surface area is 161 Å². The summed E-state index contributed by atoms with van der Waals surface area (Å²) in [7, 11) is 2.00. The van der Waals surface area contributed by atoms with E-state index >= 15 is 0 Å². The lowest BCUT2D eigenvalue weighted by Gasteiger charge is -2.29. The van der Waals surface area contributed by atoms with Gasteiger partial charge < -0.3 is 10.2 Å². The highest BCUT2D eigenvalue weighted by atomic mass is 16.2. The molecule has 0 bridgehead atoms. The second kappa shape index (κ2) is 7.92. The highest BCUT2D eigenvalue weighted by Gasteiger charge is 2.53. The molecule has 1 saturated heterocycles. The van der Waals surface area contributed by atoms with Crippen molar-refractivity contribution < 1.29 is 14.5 Å². The van der Waals surface area contributed by atoms with E-state index in [2.05, 4.69) is 31.3 Å². The van der Waals surface area contributed by atoms with E-state index < -0.39 is 5.54 Å². The number of rotatable bonds is 7.